The van der Waals surface area contributed by atoms with Crippen molar-refractivity contribution in [3.63, 3.8) is 0 Å². The Hall–Kier alpha value is -1.32. The van der Waals surface area contributed by atoms with E-state index < -0.39 is 0 Å². The van der Waals surface area contributed by atoms with Crippen LogP contribution in [0.1, 0.15) is 24.2 Å². The maximum Gasteiger partial charge on any atom is 0.110 e. The predicted octanol–water partition coefficient (Wildman–Crippen LogP) is 3.09. The van der Waals surface area contributed by atoms with Crippen molar-refractivity contribution in [1.82, 2.24) is 14.9 Å². The molecule has 1 aromatic carbocycles. The standard InChI is InChI=1S/C14H16ClN3/c1-10-16-6-7-18(10)13-5-2-11(14(15)8-13)9-17-12-3-4-12/h2,5-8,12,17H,3-4,9H2,1H3. The molecule has 94 valence electrons. The molecule has 0 bridgehead atoms. The van der Waals surface area contributed by atoms with Crippen molar-refractivity contribution in [1.29, 1.82) is 0 Å². The number of aryl methyl sites for hydroxylation is 1. The number of benzene rings is 1. The van der Waals surface area contributed by atoms with Gasteiger partial charge in [0, 0.05) is 35.7 Å². The fourth-order valence-electron chi connectivity index (χ4n) is 2.02. The van der Waals surface area contributed by atoms with E-state index in [9.17, 15) is 0 Å². The van der Waals surface area contributed by atoms with Crippen LogP contribution < -0.4 is 5.32 Å². The van der Waals surface area contributed by atoms with Gasteiger partial charge in [0.2, 0.25) is 0 Å². The Morgan fingerprint density at radius 3 is 2.89 bits per heavy atom. The lowest BCUT2D eigenvalue weighted by molar-refractivity contribution is 0.688. The average Bonchev–Trinajstić information content (AvgIpc) is 3.09. The van der Waals surface area contributed by atoms with Crippen molar-refractivity contribution in [3.8, 4) is 5.69 Å². The molecule has 1 aliphatic carbocycles. The summed E-state index contributed by atoms with van der Waals surface area (Å²) in [5, 5.41) is 4.29. The van der Waals surface area contributed by atoms with Gasteiger partial charge in [0.05, 0.1) is 0 Å². The maximum absolute atomic E-state index is 6.33. The molecule has 0 amide bonds. The summed E-state index contributed by atoms with van der Waals surface area (Å²) in [4.78, 5) is 4.22. The highest BCUT2D eigenvalue weighted by atomic mass is 35.5. The second-order valence-electron chi connectivity index (χ2n) is 4.78. The van der Waals surface area contributed by atoms with Gasteiger partial charge in [0.1, 0.15) is 5.82 Å². The van der Waals surface area contributed by atoms with Gasteiger partial charge in [-0.05, 0) is 37.5 Å². The minimum absolute atomic E-state index is 0.705. The van der Waals surface area contributed by atoms with Gasteiger partial charge in [-0.15, -0.1) is 0 Å². The molecule has 0 unspecified atom stereocenters. The molecule has 1 heterocycles. The Bertz CT molecular complexity index is 558. The van der Waals surface area contributed by atoms with Crippen molar-refractivity contribution >= 4 is 11.6 Å². The van der Waals surface area contributed by atoms with E-state index in [0.717, 1.165) is 28.6 Å². The van der Waals surface area contributed by atoms with Crippen LogP contribution in [0.3, 0.4) is 0 Å². The molecule has 0 saturated heterocycles. The summed E-state index contributed by atoms with van der Waals surface area (Å²) in [5.74, 6) is 0.968. The molecule has 4 heteroatoms. The van der Waals surface area contributed by atoms with Crippen molar-refractivity contribution < 1.29 is 0 Å². The van der Waals surface area contributed by atoms with E-state index in [1.807, 2.05) is 23.8 Å². The first kappa shape index (κ1) is 11.8. The van der Waals surface area contributed by atoms with Gasteiger partial charge in [-0.2, -0.15) is 0 Å². The normalized spacial score (nSPS) is 15.0. The van der Waals surface area contributed by atoms with Crippen molar-refractivity contribution in [3.05, 3.63) is 47.0 Å². The molecule has 1 fully saturated rings. The van der Waals surface area contributed by atoms with Crippen LogP contribution in [0.5, 0.6) is 0 Å². The topological polar surface area (TPSA) is 29.9 Å². The zero-order chi connectivity index (χ0) is 12.5. The van der Waals surface area contributed by atoms with Gasteiger partial charge in [-0.1, -0.05) is 17.7 Å². The third-order valence-corrected chi connectivity index (χ3v) is 3.65. The molecule has 1 aromatic heterocycles. The third-order valence-electron chi connectivity index (χ3n) is 3.30. The number of rotatable bonds is 4. The summed E-state index contributed by atoms with van der Waals surface area (Å²) in [6.45, 7) is 2.84. The summed E-state index contributed by atoms with van der Waals surface area (Å²) in [6, 6.07) is 6.88. The van der Waals surface area contributed by atoms with Crippen LogP contribution in [-0.2, 0) is 6.54 Å². The summed E-state index contributed by atoms with van der Waals surface area (Å²) < 4.78 is 2.03. The van der Waals surface area contributed by atoms with Gasteiger partial charge in [-0.3, -0.25) is 0 Å². The highest BCUT2D eigenvalue weighted by molar-refractivity contribution is 6.31. The zero-order valence-corrected chi connectivity index (χ0v) is 11.1. The number of nitrogens with zero attached hydrogens (tertiary/aromatic N) is 2. The maximum atomic E-state index is 6.33. The van der Waals surface area contributed by atoms with Crippen LogP contribution in [0, 0.1) is 6.92 Å². The summed E-state index contributed by atoms with van der Waals surface area (Å²) >= 11 is 6.33. The molecule has 1 saturated carbocycles. The molecule has 1 aliphatic rings. The van der Waals surface area contributed by atoms with Crippen LogP contribution in [0.15, 0.2) is 30.6 Å². The Morgan fingerprint density at radius 2 is 2.28 bits per heavy atom. The SMILES string of the molecule is Cc1nccn1-c1ccc(CNC2CC2)c(Cl)c1. The Kier molecular flexibility index (Phi) is 3.10. The van der Waals surface area contributed by atoms with Gasteiger partial charge < -0.3 is 9.88 Å². The lowest BCUT2D eigenvalue weighted by Crippen LogP contribution is -2.15. The van der Waals surface area contributed by atoms with E-state index in [4.69, 9.17) is 11.6 Å². The fraction of sp³-hybridized carbons (Fsp3) is 0.357. The van der Waals surface area contributed by atoms with Gasteiger partial charge >= 0.3 is 0 Å². The van der Waals surface area contributed by atoms with E-state index in [1.54, 1.807) is 6.20 Å². The van der Waals surface area contributed by atoms with E-state index in [2.05, 4.69) is 22.4 Å². The highest BCUT2D eigenvalue weighted by Crippen LogP contribution is 2.23. The van der Waals surface area contributed by atoms with E-state index in [0.29, 0.717) is 6.04 Å². The second-order valence-corrected chi connectivity index (χ2v) is 5.18. The molecule has 3 rings (SSSR count). The van der Waals surface area contributed by atoms with Crippen molar-refractivity contribution in [2.24, 2.45) is 0 Å². The average molecular weight is 262 g/mol. The van der Waals surface area contributed by atoms with Crippen molar-refractivity contribution in [2.75, 3.05) is 0 Å². The van der Waals surface area contributed by atoms with Crippen LogP contribution >= 0.6 is 11.6 Å². The van der Waals surface area contributed by atoms with Gasteiger partial charge in [0.25, 0.3) is 0 Å². The van der Waals surface area contributed by atoms with E-state index >= 15 is 0 Å². The summed E-state index contributed by atoms with van der Waals surface area (Å²) in [6.07, 6.45) is 6.34. The predicted molar refractivity (Wildman–Crippen MR) is 73.2 cm³/mol. The molecule has 0 radical (unpaired) electrons. The number of imidazole rings is 1. The van der Waals surface area contributed by atoms with Crippen LogP contribution in [-0.4, -0.2) is 15.6 Å². The smallest absolute Gasteiger partial charge is 0.110 e. The minimum atomic E-state index is 0.705. The Balaban J connectivity index is 1.81. The van der Waals surface area contributed by atoms with Crippen LogP contribution in [0.4, 0.5) is 0 Å². The van der Waals surface area contributed by atoms with Crippen LogP contribution in [0.25, 0.3) is 5.69 Å². The quantitative estimate of drug-likeness (QED) is 0.917. The summed E-state index contributed by atoms with van der Waals surface area (Å²) in [5.41, 5.74) is 2.22. The fourth-order valence-corrected chi connectivity index (χ4v) is 2.26. The van der Waals surface area contributed by atoms with E-state index in [-0.39, 0.29) is 0 Å². The molecule has 0 atom stereocenters. The zero-order valence-electron chi connectivity index (χ0n) is 10.4. The first-order valence-corrected chi connectivity index (χ1v) is 6.64. The molecule has 1 N–H and O–H groups in total. The number of aromatic nitrogens is 2. The second kappa shape index (κ2) is 4.75. The lowest BCUT2D eigenvalue weighted by atomic mass is 10.2. The van der Waals surface area contributed by atoms with E-state index in [1.165, 1.54) is 12.8 Å². The molecule has 0 aliphatic heterocycles. The first-order valence-electron chi connectivity index (χ1n) is 6.26. The molecular weight excluding hydrogens is 246 g/mol. The largest absolute Gasteiger partial charge is 0.310 e. The number of hydrogen-bond donors (Lipinski definition) is 1. The molecule has 0 spiro atoms. The Morgan fingerprint density at radius 1 is 1.44 bits per heavy atom. The monoisotopic (exact) mass is 261 g/mol. The molecule has 3 nitrogen and oxygen atoms in total. The third kappa shape index (κ3) is 2.42. The minimum Gasteiger partial charge on any atom is -0.310 e. The number of hydrogen-bond acceptors (Lipinski definition) is 2. The molecule has 18 heavy (non-hydrogen) atoms. The van der Waals surface area contributed by atoms with Crippen LogP contribution in [0.2, 0.25) is 5.02 Å². The summed E-state index contributed by atoms with van der Waals surface area (Å²) in [7, 11) is 0. The number of halogens is 1. The number of nitrogens with one attached hydrogen (secondary N) is 1. The Labute approximate surface area is 112 Å². The van der Waals surface area contributed by atoms with Gasteiger partial charge in [0.15, 0.2) is 0 Å². The highest BCUT2D eigenvalue weighted by Gasteiger charge is 2.20. The van der Waals surface area contributed by atoms with Crippen molar-refractivity contribution in [2.45, 2.75) is 32.4 Å². The molecule has 2 aromatic rings. The van der Waals surface area contributed by atoms with Gasteiger partial charge in [-0.25, -0.2) is 4.98 Å². The molecular formula is C14H16ClN3. The first-order chi connectivity index (χ1) is 8.74. The lowest BCUT2D eigenvalue weighted by Gasteiger charge is -2.09.